The van der Waals surface area contributed by atoms with E-state index in [1.54, 1.807) is 0 Å². The van der Waals surface area contributed by atoms with Crippen LogP contribution in [0, 0.1) is 0 Å². The summed E-state index contributed by atoms with van der Waals surface area (Å²) in [4.78, 5) is 6.52. The summed E-state index contributed by atoms with van der Waals surface area (Å²) in [5, 5.41) is 3.09. The highest BCUT2D eigenvalue weighted by Crippen LogP contribution is 2.17. The van der Waals surface area contributed by atoms with Gasteiger partial charge in [-0.05, 0) is 66.1 Å². The minimum absolute atomic E-state index is 0. The van der Waals surface area contributed by atoms with E-state index < -0.39 is 0 Å². The van der Waals surface area contributed by atoms with Gasteiger partial charge in [-0.2, -0.15) is 0 Å². The van der Waals surface area contributed by atoms with E-state index in [1.165, 1.54) is 0 Å². The molecule has 5 nitrogen and oxygen atoms in total. The lowest BCUT2D eigenvalue weighted by atomic mass is 10.1. The molecule has 0 bridgehead atoms. The number of likely N-dealkylation sites (N-methyl/N-ethyl adjacent to an activating group) is 1. The van der Waals surface area contributed by atoms with E-state index in [9.17, 15) is 0 Å². The van der Waals surface area contributed by atoms with Crippen molar-refractivity contribution in [3.8, 4) is 5.75 Å². The summed E-state index contributed by atoms with van der Waals surface area (Å²) in [6, 6.07) is 7.69. The van der Waals surface area contributed by atoms with E-state index in [1.807, 2.05) is 52.2 Å². The maximum Gasteiger partial charge on any atom is 0.193 e. The molecule has 6 heteroatoms. The van der Waals surface area contributed by atoms with Gasteiger partial charge in [0, 0.05) is 11.2 Å². The number of benzene rings is 1. The van der Waals surface area contributed by atoms with Gasteiger partial charge < -0.3 is 20.7 Å². The first kappa shape index (κ1) is 21.0. The van der Waals surface area contributed by atoms with Crippen LogP contribution in [0.15, 0.2) is 29.3 Å². The minimum atomic E-state index is -0.0265. The van der Waals surface area contributed by atoms with Crippen molar-refractivity contribution in [3.63, 3.8) is 0 Å². The predicted molar refractivity (Wildman–Crippen MR) is 105 cm³/mol. The van der Waals surface area contributed by atoms with E-state index in [0.717, 1.165) is 11.4 Å². The number of nitrogens with two attached hydrogens (primary N) is 1. The van der Waals surface area contributed by atoms with Crippen molar-refractivity contribution in [1.29, 1.82) is 0 Å². The number of halogens is 1. The number of nitrogens with one attached hydrogen (secondary N) is 1. The second-order valence-electron chi connectivity index (χ2n) is 6.22. The highest BCUT2D eigenvalue weighted by molar-refractivity contribution is 14.0. The van der Waals surface area contributed by atoms with Crippen LogP contribution in [0.4, 0.5) is 5.69 Å². The molecule has 0 amide bonds. The third-order valence-corrected chi connectivity index (χ3v) is 3.35. The van der Waals surface area contributed by atoms with Gasteiger partial charge in [0.05, 0.1) is 12.6 Å². The van der Waals surface area contributed by atoms with Crippen LogP contribution in [0.1, 0.15) is 27.7 Å². The van der Waals surface area contributed by atoms with Gasteiger partial charge in [-0.15, -0.1) is 24.0 Å². The summed E-state index contributed by atoms with van der Waals surface area (Å²) in [6.07, 6.45) is 0.170. The second-order valence-corrected chi connectivity index (χ2v) is 6.22. The maximum absolute atomic E-state index is 5.92. The van der Waals surface area contributed by atoms with Gasteiger partial charge in [0.2, 0.25) is 0 Å². The molecule has 0 radical (unpaired) electrons. The van der Waals surface area contributed by atoms with Gasteiger partial charge >= 0.3 is 0 Å². The summed E-state index contributed by atoms with van der Waals surface area (Å²) < 4.78 is 5.60. The molecule has 0 saturated heterocycles. The van der Waals surface area contributed by atoms with E-state index >= 15 is 0 Å². The van der Waals surface area contributed by atoms with Crippen LogP contribution in [0.3, 0.4) is 0 Å². The normalized spacial score (nSPS) is 12.3. The van der Waals surface area contributed by atoms with Crippen molar-refractivity contribution in [3.05, 3.63) is 24.3 Å². The summed E-state index contributed by atoms with van der Waals surface area (Å²) in [7, 11) is 4.07. The molecule has 1 rings (SSSR count). The van der Waals surface area contributed by atoms with Crippen LogP contribution in [-0.4, -0.2) is 43.1 Å². The lowest BCUT2D eigenvalue weighted by Crippen LogP contribution is -2.41. The lowest BCUT2D eigenvalue weighted by Gasteiger charge is -2.30. The molecule has 126 valence electrons. The Labute approximate surface area is 151 Å². The average Bonchev–Trinajstić information content (AvgIpc) is 2.38. The highest BCUT2D eigenvalue weighted by Gasteiger charge is 2.19. The van der Waals surface area contributed by atoms with Gasteiger partial charge in [-0.1, -0.05) is 0 Å². The molecule has 0 fully saturated rings. The average molecular weight is 420 g/mol. The smallest absolute Gasteiger partial charge is 0.193 e. The fraction of sp³-hybridized carbons (Fsp3) is 0.562. The van der Waals surface area contributed by atoms with E-state index in [4.69, 9.17) is 10.5 Å². The monoisotopic (exact) mass is 420 g/mol. The zero-order valence-electron chi connectivity index (χ0n) is 14.4. The van der Waals surface area contributed by atoms with Gasteiger partial charge in [0.25, 0.3) is 0 Å². The molecule has 0 atom stereocenters. The topological polar surface area (TPSA) is 62.9 Å². The van der Waals surface area contributed by atoms with Crippen LogP contribution >= 0.6 is 24.0 Å². The van der Waals surface area contributed by atoms with Crippen LogP contribution in [0.25, 0.3) is 0 Å². The number of ether oxygens (including phenoxy) is 1. The van der Waals surface area contributed by atoms with Gasteiger partial charge in [-0.3, -0.25) is 4.99 Å². The Hall–Kier alpha value is -1.02. The summed E-state index contributed by atoms with van der Waals surface area (Å²) in [6.45, 7) is 8.89. The van der Waals surface area contributed by atoms with E-state index in [-0.39, 0.29) is 35.6 Å². The molecule has 0 aromatic heterocycles. The highest BCUT2D eigenvalue weighted by atomic mass is 127. The second kappa shape index (κ2) is 9.19. The molecule has 22 heavy (non-hydrogen) atoms. The lowest BCUT2D eigenvalue weighted by molar-refractivity contribution is 0.205. The number of nitrogens with zero attached hydrogens (tertiary/aromatic N) is 2. The number of anilines is 1. The predicted octanol–water partition coefficient (Wildman–Crippen LogP) is 3.16. The zero-order chi connectivity index (χ0) is 16.0. The van der Waals surface area contributed by atoms with Gasteiger partial charge in [0.15, 0.2) is 5.96 Å². The molecule has 1 aromatic rings. The summed E-state index contributed by atoms with van der Waals surface area (Å²) in [5.74, 6) is 1.27. The van der Waals surface area contributed by atoms with Crippen molar-refractivity contribution in [1.82, 2.24) is 4.90 Å². The van der Waals surface area contributed by atoms with Gasteiger partial charge in [0.1, 0.15) is 5.75 Å². The largest absolute Gasteiger partial charge is 0.491 e. The molecule has 0 unspecified atom stereocenters. The zero-order valence-corrected chi connectivity index (χ0v) is 16.7. The number of hydrogen-bond donors (Lipinski definition) is 2. The molecule has 1 aromatic carbocycles. The summed E-state index contributed by atoms with van der Waals surface area (Å²) >= 11 is 0. The Morgan fingerprint density at radius 1 is 1.27 bits per heavy atom. The molecular formula is C16H29IN4O. The fourth-order valence-corrected chi connectivity index (χ4v) is 1.50. The fourth-order valence-electron chi connectivity index (χ4n) is 1.50. The van der Waals surface area contributed by atoms with Crippen molar-refractivity contribution in [2.24, 2.45) is 10.7 Å². The standard InChI is InChI=1S/C16H28N4O.HI/c1-12(2)21-14-9-7-13(8-10-14)19-15(17)18-11-16(3,4)20(5)6;/h7-10,12H,11H2,1-6H3,(H3,17,18,19);1H. The number of guanidine groups is 1. The van der Waals surface area contributed by atoms with Crippen LogP contribution < -0.4 is 15.8 Å². The van der Waals surface area contributed by atoms with E-state index in [0.29, 0.717) is 12.5 Å². The van der Waals surface area contributed by atoms with Crippen LogP contribution in [0.5, 0.6) is 5.75 Å². The molecule has 0 spiro atoms. The Balaban J connectivity index is 0.00000441. The Kier molecular flexibility index (Phi) is 8.77. The third-order valence-electron chi connectivity index (χ3n) is 3.35. The Morgan fingerprint density at radius 3 is 2.27 bits per heavy atom. The third kappa shape index (κ3) is 7.31. The molecule has 0 aliphatic rings. The molecule has 0 aliphatic carbocycles. The van der Waals surface area contributed by atoms with Crippen LogP contribution in [0.2, 0.25) is 0 Å². The van der Waals surface area contributed by atoms with Crippen molar-refractivity contribution < 1.29 is 4.74 Å². The molecule has 3 N–H and O–H groups in total. The Morgan fingerprint density at radius 2 is 1.82 bits per heavy atom. The number of rotatable bonds is 6. The summed E-state index contributed by atoms with van der Waals surface area (Å²) in [5.41, 5.74) is 6.79. The quantitative estimate of drug-likeness (QED) is 0.422. The molecule has 0 saturated carbocycles. The van der Waals surface area contributed by atoms with E-state index in [2.05, 4.69) is 29.1 Å². The number of hydrogen-bond acceptors (Lipinski definition) is 3. The molecular weight excluding hydrogens is 391 g/mol. The first-order chi connectivity index (χ1) is 9.70. The van der Waals surface area contributed by atoms with Gasteiger partial charge in [-0.25, -0.2) is 0 Å². The number of aliphatic imine (C=N–C) groups is 1. The maximum atomic E-state index is 5.92. The minimum Gasteiger partial charge on any atom is -0.491 e. The van der Waals surface area contributed by atoms with Crippen molar-refractivity contribution >= 4 is 35.6 Å². The molecule has 0 aliphatic heterocycles. The molecule has 0 heterocycles. The Bertz CT molecular complexity index is 470. The SMILES string of the molecule is CC(C)Oc1ccc(NC(N)=NCC(C)(C)N(C)C)cc1.I. The van der Waals surface area contributed by atoms with Crippen LogP contribution in [-0.2, 0) is 0 Å². The first-order valence-corrected chi connectivity index (χ1v) is 7.22. The van der Waals surface area contributed by atoms with Crippen molar-refractivity contribution in [2.75, 3.05) is 26.0 Å². The van der Waals surface area contributed by atoms with Crippen molar-refractivity contribution in [2.45, 2.75) is 39.3 Å². The first-order valence-electron chi connectivity index (χ1n) is 7.22.